The predicted molar refractivity (Wildman–Crippen MR) is 84.0 cm³/mol. The molecule has 0 saturated carbocycles. The quantitative estimate of drug-likeness (QED) is 0.897. The van der Waals surface area contributed by atoms with Crippen LogP contribution in [0.5, 0.6) is 0 Å². The molecule has 0 bridgehead atoms. The Morgan fingerprint density at radius 1 is 1.40 bits per heavy atom. The first-order valence-corrected chi connectivity index (χ1v) is 9.04. The molecule has 0 spiro atoms. The van der Waals surface area contributed by atoms with E-state index in [1.165, 1.54) is 0 Å². The van der Waals surface area contributed by atoms with Crippen molar-refractivity contribution in [3.05, 3.63) is 28.2 Å². The van der Waals surface area contributed by atoms with E-state index < -0.39 is 10.0 Å². The summed E-state index contributed by atoms with van der Waals surface area (Å²) in [5.74, 6) is 0.419. The van der Waals surface area contributed by atoms with Gasteiger partial charge < -0.3 is 5.32 Å². The van der Waals surface area contributed by atoms with Crippen molar-refractivity contribution < 1.29 is 8.42 Å². The van der Waals surface area contributed by atoms with Crippen LogP contribution in [0.25, 0.3) is 0 Å². The molecule has 2 unspecified atom stereocenters. The smallest absolute Gasteiger partial charge is 0.244 e. The predicted octanol–water partition coefficient (Wildman–Crippen LogP) is 2.59. The third-order valence-electron chi connectivity index (χ3n) is 3.69. The van der Waals surface area contributed by atoms with Crippen molar-refractivity contribution >= 4 is 26.0 Å². The standard InChI is InChI=1S/C14H21BrN2O2S/c1-10-6-11(2)17(9-10)20(18,19)14-5-4-12(8-16-3)7-13(14)15/h4-5,7,10-11,16H,6,8-9H2,1-3H3. The lowest BCUT2D eigenvalue weighted by Gasteiger charge is -2.22. The highest BCUT2D eigenvalue weighted by Crippen LogP contribution is 2.32. The second kappa shape index (κ2) is 6.13. The monoisotopic (exact) mass is 360 g/mol. The highest BCUT2D eigenvalue weighted by Gasteiger charge is 2.36. The van der Waals surface area contributed by atoms with Crippen molar-refractivity contribution in [2.24, 2.45) is 5.92 Å². The number of nitrogens with one attached hydrogen (secondary N) is 1. The van der Waals surface area contributed by atoms with E-state index in [2.05, 4.69) is 28.2 Å². The lowest BCUT2D eigenvalue weighted by molar-refractivity contribution is 0.405. The molecule has 1 aliphatic rings. The molecule has 1 aliphatic heterocycles. The number of rotatable bonds is 4. The zero-order valence-electron chi connectivity index (χ0n) is 12.1. The minimum atomic E-state index is -3.42. The van der Waals surface area contributed by atoms with Crippen LogP contribution in [-0.4, -0.2) is 32.4 Å². The van der Waals surface area contributed by atoms with Crippen molar-refractivity contribution in [3.8, 4) is 0 Å². The second-order valence-corrected chi connectivity index (χ2v) is 8.27. The molecule has 0 aliphatic carbocycles. The van der Waals surface area contributed by atoms with Crippen molar-refractivity contribution in [2.75, 3.05) is 13.6 Å². The maximum absolute atomic E-state index is 12.8. The normalized spacial score (nSPS) is 24.2. The molecule has 1 heterocycles. The van der Waals surface area contributed by atoms with E-state index in [9.17, 15) is 8.42 Å². The van der Waals surface area contributed by atoms with Gasteiger partial charge in [0, 0.05) is 23.6 Å². The lowest BCUT2D eigenvalue weighted by Crippen LogP contribution is -2.34. The zero-order valence-corrected chi connectivity index (χ0v) is 14.5. The van der Waals surface area contributed by atoms with E-state index in [1.54, 1.807) is 10.4 Å². The van der Waals surface area contributed by atoms with Crippen LogP contribution in [0.15, 0.2) is 27.6 Å². The average molecular weight is 361 g/mol. The van der Waals surface area contributed by atoms with E-state index in [1.807, 2.05) is 26.1 Å². The van der Waals surface area contributed by atoms with Gasteiger partial charge in [-0.25, -0.2) is 8.42 Å². The molecule has 1 aromatic rings. The molecule has 0 radical (unpaired) electrons. The van der Waals surface area contributed by atoms with Gasteiger partial charge in [0.2, 0.25) is 10.0 Å². The molecule has 0 amide bonds. The van der Waals surface area contributed by atoms with Crippen LogP contribution >= 0.6 is 15.9 Å². The first kappa shape index (κ1) is 15.9. The van der Waals surface area contributed by atoms with Crippen LogP contribution in [0, 0.1) is 5.92 Å². The minimum absolute atomic E-state index is 0.0684. The van der Waals surface area contributed by atoms with E-state index >= 15 is 0 Å². The van der Waals surface area contributed by atoms with Gasteiger partial charge in [0.25, 0.3) is 0 Å². The molecule has 1 N–H and O–H groups in total. The summed E-state index contributed by atoms with van der Waals surface area (Å²) < 4.78 is 27.8. The third-order valence-corrected chi connectivity index (χ3v) is 6.65. The number of halogens is 1. The summed E-state index contributed by atoms with van der Waals surface area (Å²) in [5.41, 5.74) is 1.06. The molecule has 1 fully saturated rings. The highest BCUT2D eigenvalue weighted by atomic mass is 79.9. The third kappa shape index (κ3) is 3.08. The van der Waals surface area contributed by atoms with Crippen molar-refractivity contribution in [1.82, 2.24) is 9.62 Å². The van der Waals surface area contributed by atoms with Crippen molar-refractivity contribution in [1.29, 1.82) is 0 Å². The summed E-state index contributed by atoms with van der Waals surface area (Å²) in [6, 6.07) is 5.49. The minimum Gasteiger partial charge on any atom is -0.316 e. The number of sulfonamides is 1. The number of hydrogen-bond donors (Lipinski definition) is 1. The molecule has 2 rings (SSSR count). The average Bonchev–Trinajstić information content (AvgIpc) is 2.69. The maximum Gasteiger partial charge on any atom is 0.244 e. The van der Waals surface area contributed by atoms with E-state index in [0.717, 1.165) is 18.5 Å². The van der Waals surface area contributed by atoms with Crippen LogP contribution in [0.2, 0.25) is 0 Å². The van der Waals surface area contributed by atoms with Gasteiger partial charge in [0.1, 0.15) is 0 Å². The van der Waals surface area contributed by atoms with Crippen LogP contribution in [0.1, 0.15) is 25.8 Å². The van der Waals surface area contributed by atoms with Gasteiger partial charge in [-0.2, -0.15) is 4.31 Å². The zero-order chi connectivity index (χ0) is 14.9. The van der Waals surface area contributed by atoms with Crippen molar-refractivity contribution in [2.45, 2.75) is 37.8 Å². The second-order valence-electron chi connectivity index (χ2n) is 5.56. The van der Waals surface area contributed by atoms with Crippen LogP contribution in [-0.2, 0) is 16.6 Å². The topological polar surface area (TPSA) is 49.4 Å². The van der Waals surface area contributed by atoms with Gasteiger partial charge in [-0.3, -0.25) is 0 Å². The molecule has 112 valence electrons. The van der Waals surface area contributed by atoms with Crippen molar-refractivity contribution in [3.63, 3.8) is 0 Å². The summed E-state index contributed by atoms with van der Waals surface area (Å²) in [6.07, 6.45) is 0.925. The Morgan fingerprint density at radius 2 is 2.10 bits per heavy atom. The summed E-state index contributed by atoms with van der Waals surface area (Å²) in [4.78, 5) is 0.360. The van der Waals surface area contributed by atoms with E-state index in [0.29, 0.717) is 21.8 Å². The lowest BCUT2D eigenvalue weighted by atomic mass is 10.1. The number of hydrogen-bond acceptors (Lipinski definition) is 3. The fourth-order valence-corrected chi connectivity index (χ4v) is 5.64. The molecular formula is C14H21BrN2O2S. The molecule has 1 saturated heterocycles. The van der Waals surface area contributed by atoms with Gasteiger partial charge in [-0.15, -0.1) is 0 Å². The SMILES string of the molecule is CNCc1ccc(S(=O)(=O)N2CC(C)CC2C)c(Br)c1. The van der Waals surface area contributed by atoms with Gasteiger partial charge >= 0.3 is 0 Å². The number of nitrogens with zero attached hydrogens (tertiary/aromatic N) is 1. The Balaban J connectivity index is 2.35. The van der Waals surface area contributed by atoms with Crippen LogP contribution in [0.3, 0.4) is 0 Å². The van der Waals surface area contributed by atoms with Crippen LogP contribution in [0.4, 0.5) is 0 Å². The summed E-state index contributed by atoms with van der Waals surface area (Å²) in [5, 5.41) is 3.06. The summed E-state index contributed by atoms with van der Waals surface area (Å²) in [7, 11) is -1.55. The van der Waals surface area contributed by atoms with Gasteiger partial charge in [0.05, 0.1) is 4.90 Å². The van der Waals surface area contributed by atoms with Gasteiger partial charge in [-0.1, -0.05) is 13.0 Å². The van der Waals surface area contributed by atoms with E-state index in [4.69, 9.17) is 0 Å². The Morgan fingerprint density at radius 3 is 2.60 bits per heavy atom. The van der Waals surface area contributed by atoms with Crippen LogP contribution < -0.4 is 5.32 Å². The first-order chi connectivity index (χ1) is 9.36. The Kier molecular flexibility index (Phi) is 4.89. The molecule has 0 aromatic heterocycles. The summed E-state index contributed by atoms with van der Waals surface area (Å²) in [6.45, 7) is 5.39. The molecule has 1 aromatic carbocycles. The van der Waals surface area contributed by atoms with Gasteiger partial charge in [-0.05, 0) is 59.9 Å². The largest absolute Gasteiger partial charge is 0.316 e. The fourth-order valence-electron chi connectivity index (χ4n) is 2.79. The summed E-state index contributed by atoms with van der Waals surface area (Å²) >= 11 is 3.40. The Labute approximate surface area is 129 Å². The number of benzene rings is 1. The molecule has 20 heavy (non-hydrogen) atoms. The molecule has 2 atom stereocenters. The highest BCUT2D eigenvalue weighted by molar-refractivity contribution is 9.10. The van der Waals surface area contributed by atoms with E-state index in [-0.39, 0.29) is 6.04 Å². The maximum atomic E-state index is 12.8. The molecule has 4 nitrogen and oxygen atoms in total. The molecular weight excluding hydrogens is 340 g/mol. The first-order valence-electron chi connectivity index (χ1n) is 6.81. The fraction of sp³-hybridized carbons (Fsp3) is 0.571. The Hall–Kier alpha value is -0.430. The Bertz CT molecular complexity index is 589. The van der Waals surface area contributed by atoms with Gasteiger partial charge in [0.15, 0.2) is 0 Å². The molecule has 6 heteroatoms.